The van der Waals surface area contributed by atoms with Crippen LogP contribution < -0.4 is 4.72 Å². The van der Waals surface area contributed by atoms with Gasteiger partial charge in [-0.15, -0.1) is 0 Å². The molecule has 0 saturated carbocycles. The van der Waals surface area contributed by atoms with Crippen molar-refractivity contribution in [1.82, 2.24) is 4.72 Å². The van der Waals surface area contributed by atoms with Crippen molar-refractivity contribution in [2.75, 3.05) is 6.54 Å². The molecule has 0 aliphatic heterocycles. The number of hydrogen-bond donors (Lipinski definition) is 1. The molecule has 15 heavy (non-hydrogen) atoms. The van der Waals surface area contributed by atoms with E-state index in [1.165, 1.54) is 0 Å². The SMILES string of the molecule is C=C(C)CNS(=O)(=O)Cc1ccccc1. The molecule has 0 saturated heterocycles. The predicted molar refractivity (Wildman–Crippen MR) is 61.9 cm³/mol. The van der Waals surface area contributed by atoms with Crippen LogP contribution in [0.4, 0.5) is 0 Å². The zero-order chi connectivity index (χ0) is 11.3. The van der Waals surface area contributed by atoms with Crippen LogP contribution in [-0.2, 0) is 15.8 Å². The van der Waals surface area contributed by atoms with Gasteiger partial charge in [-0.2, -0.15) is 0 Å². The molecule has 4 heteroatoms. The van der Waals surface area contributed by atoms with Crippen LogP contribution in [0.2, 0.25) is 0 Å². The largest absolute Gasteiger partial charge is 0.216 e. The summed E-state index contributed by atoms with van der Waals surface area (Å²) in [6.45, 7) is 5.72. The molecule has 0 aliphatic carbocycles. The van der Waals surface area contributed by atoms with E-state index < -0.39 is 10.0 Å². The highest BCUT2D eigenvalue weighted by atomic mass is 32.2. The third kappa shape index (κ3) is 4.76. The smallest absolute Gasteiger partial charge is 0.212 e. The zero-order valence-corrected chi connectivity index (χ0v) is 9.55. The van der Waals surface area contributed by atoms with Gasteiger partial charge in [0.1, 0.15) is 0 Å². The molecule has 0 aromatic heterocycles. The second-order valence-corrected chi connectivity index (χ2v) is 5.33. The molecule has 1 N–H and O–H groups in total. The van der Waals surface area contributed by atoms with E-state index in [0.717, 1.165) is 11.1 Å². The average molecular weight is 225 g/mol. The van der Waals surface area contributed by atoms with Gasteiger partial charge in [-0.05, 0) is 12.5 Å². The van der Waals surface area contributed by atoms with Crippen molar-refractivity contribution in [1.29, 1.82) is 0 Å². The van der Waals surface area contributed by atoms with E-state index in [2.05, 4.69) is 11.3 Å². The van der Waals surface area contributed by atoms with Crippen molar-refractivity contribution >= 4 is 10.0 Å². The van der Waals surface area contributed by atoms with Gasteiger partial charge in [0.25, 0.3) is 0 Å². The summed E-state index contributed by atoms with van der Waals surface area (Å²) >= 11 is 0. The van der Waals surface area contributed by atoms with Crippen LogP contribution in [0.15, 0.2) is 42.5 Å². The van der Waals surface area contributed by atoms with Crippen LogP contribution in [0.25, 0.3) is 0 Å². The van der Waals surface area contributed by atoms with Crippen LogP contribution in [0.3, 0.4) is 0 Å². The Morgan fingerprint density at radius 2 is 1.93 bits per heavy atom. The van der Waals surface area contributed by atoms with Gasteiger partial charge in [0.15, 0.2) is 0 Å². The number of rotatable bonds is 5. The summed E-state index contributed by atoms with van der Waals surface area (Å²) in [5, 5.41) is 0. The van der Waals surface area contributed by atoms with E-state index in [1.54, 1.807) is 19.1 Å². The van der Waals surface area contributed by atoms with Crippen LogP contribution in [0.5, 0.6) is 0 Å². The molecule has 3 nitrogen and oxygen atoms in total. The van der Waals surface area contributed by atoms with Crippen LogP contribution >= 0.6 is 0 Å². The van der Waals surface area contributed by atoms with Gasteiger partial charge in [-0.25, -0.2) is 13.1 Å². The maximum Gasteiger partial charge on any atom is 0.216 e. The third-order valence-electron chi connectivity index (χ3n) is 1.79. The summed E-state index contributed by atoms with van der Waals surface area (Å²) in [6, 6.07) is 9.09. The molecule has 0 fully saturated rings. The molecule has 0 spiro atoms. The first kappa shape index (κ1) is 11.9. The Labute approximate surface area is 90.9 Å². The quantitative estimate of drug-likeness (QED) is 0.775. The van der Waals surface area contributed by atoms with Crippen molar-refractivity contribution in [2.45, 2.75) is 12.7 Å². The fourth-order valence-corrected chi connectivity index (χ4v) is 2.28. The van der Waals surface area contributed by atoms with Gasteiger partial charge in [-0.3, -0.25) is 0 Å². The lowest BCUT2D eigenvalue weighted by molar-refractivity contribution is 0.584. The maximum absolute atomic E-state index is 11.6. The summed E-state index contributed by atoms with van der Waals surface area (Å²) in [5.74, 6) is 0.0150. The summed E-state index contributed by atoms with van der Waals surface area (Å²) < 4.78 is 25.6. The van der Waals surface area contributed by atoms with E-state index in [9.17, 15) is 8.42 Å². The van der Waals surface area contributed by atoms with Gasteiger partial charge in [0.05, 0.1) is 5.75 Å². The van der Waals surface area contributed by atoms with E-state index in [4.69, 9.17) is 0 Å². The van der Waals surface area contributed by atoms with E-state index in [0.29, 0.717) is 6.54 Å². The van der Waals surface area contributed by atoms with Crippen molar-refractivity contribution in [3.8, 4) is 0 Å². The second kappa shape index (κ2) is 5.09. The highest BCUT2D eigenvalue weighted by Crippen LogP contribution is 2.03. The first-order valence-corrected chi connectivity index (χ1v) is 6.30. The molecule has 0 aliphatic rings. The van der Waals surface area contributed by atoms with Gasteiger partial charge in [0, 0.05) is 6.54 Å². The lowest BCUT2D eigenvalue weighted by Crippen LogP contribution is -2.26. The highest BCUT2D eigenvalue weighted by Gasteiger charge is 2.09. The Kier molecular flexibility index (Phi) is 4.05. The fraction of sp³-hybridized carbons (Fsp3) is 0.273. The summed E-state index contributed by atoms with van der Waals surface area (Å²) in [6.07, 6.45) is 0. The number of nitrogens with one attached hydrogen (secondary N) is 1. The first-order chi connectivity index (χ1) is 6.99. The molecule has 0 atom stereocenters. The molecular weight excluding hydrogens is 210 g/mol. The number of hydrogen-bond acceptors (Lipinski definition) is 2. The molecule has 1 rings (SSSR count). The molecule has 82 valence electrons. The van der Waals surface area contributed by atoms with Crippen molar-refractivity contribution in [3.05, 3.63) is 48.0 Å². The highest BCUT2D eigenvalue weighted by molar-refractivity contribution is 7.88. The Morgan fingerprint density at radius 3 is 2.47 bits per heavy atom. The van der Waals surface area contributed by atoms with E-state index in [-0.39, 0.29) is 5.75 Å². The van der Waals surface area contributed by atoms with Crippen LogP contribution in [0, 0.1) is 0 Å². The Bertz CT molecular complexity index is 423. The maximum atomic E-state index is 11.6. The molecule has 1 aromatic carbocycles. The summed E-state index contributed by atoms with van der Waals surface area (Å²) in [4.78, 5) is 0. The predicted octanol–water partition coefficient (Wildman–Crippen LogP) is 1.68. The van der Waals surface area contributed by atoms with Gasteiger partial charge >= 0.3 is 0 Å². The van der Waals surface area contributed by atoms with E-state index in [1.807, 2.05) is 18.2 Å². The second-order valence-electron chi connectivity index (χ2n) is 3.52. The summed E-state index contributed by atoms with van der Waals surface area (Å²) in [5.41, 5.74) is 1.58. The van der Waals surface area contributed by atoms with Crippen LogP contribution in [0.1, 0.15) is 12.5 Å². The zero-order valence-electron chi connectivity index (χ0n) is 8.73. The fourth-order valence-electron chi connectivity index (χ4n) is 1.08. The summed E-state index contributed by atoms with van der Waals surface area (Å²) in [7, 11) is -3.24. The minimum atomic E-state index is -3.24. The third-order valence-corrected chi connectivity index (χ3v) is 3.09. The molecular formula is C11H15NO2S. The molecule has 0 radical (unpaired) electrons. The van der Waals surface area contributed by atoms with Crippen LogP contribution in [-0.4, -0.2) is 15.0 Å². The topological polar surface area (TPSA) is 46.2 Å². The molecule has 0 unspecified atom stereocenters. The Morgan fingerprint density at radius 1 is 1.33 bits per heavy atom. The van der Waals surface area contributed by atoms with Crippen molar-refractivity contribution in [2.24, 2.45) is 0 Å². The van der Waals surface area contributed by atoms with Crippen molar-refractivity contribution < 1.29 is 8.42 Å². The normalized spacial score (nSPS) is 11.3. The minimum Gasteiger partial charge on any atom is -0.212 e. The average Bonchev–Trinajstić information content (AvgIpc) is 2.16. The first-order valence-electron chi connectivity index (χ1n) is 4.65. The monoisotopic (exact) mass is 225 g/mol. The van der Waals surface area contributed by atoms with Gasteiger partial charge in [-0.1, -0.05) is 42.5 Å². The van der Waals surface area contributed by atoms with Crippen molar-refractivity contribution in [3.63, 3.8) is 0 Å². The van der Waals surface area contributed by atoms with Gasteiger partial charge < -0.3 is 0 Å². The molecule has 0 amide bonds. The molecule has 1 aromatic rings. The lowest BCUT2D eigenvalue weighted by Gasteiger charge is -2.06. The van der Waals surface area contributed by atoms with E-state index >= 15 is 0 Å². The van der Waals surface area contributed by atoms with Gasteiger partial charge in [0.2, 0.25) is 10.0 Å². The number of benzene rings is 1. The molecule has 0 heterocycles. The number of sulfonamides is 1. The lowest BCUT2D eigenvalue weighted by atomic mass is 10.2. The Balaban J connectivity index is 2.61. The Hall–Kier alpha value is -1.13. The minimum absolute atomic E-state index is 0.0150. The standard InChI is InChI=1S/C11H15NO2S/c1-10(2)8-12-15(13,14)9-11-6-4-3-5-7-11/h3-7,12H,1,8-9H2,2H3. The molecule has 0 bridgehead atoms.